The van der Waals surface area contributed by atoms with Crippen molar-refractivity contribution in [2.45, 2.75) is 20.3 Å². The van der Waals surface area contributed by atoms with E-state index in [0.29, 0.717) is 12.1 Å². The second-order valence-corrected chi connectivity index (χ2v) is 4.74. The Labute approximate surface area is 128 Å². The number of hydrogen-bond acceptors (Lipinski definition) is 4. The summed E-state index contributed by atoms with van der Waals surface area (Å²) in [7, 11) is 0. The zero-order valence-electron chi connectivity index (χ0n) is 12.6. The fraction of sp³-hybridized carbons (Fsp3) is 0.400. The number of ether oxygens (including phenoxy) is 1. The number of carboxylic acid groups (broad SMARTS) is 1. The van der Waals surface area contributed by atoms with E-state index in [2.05, 4.69) is 10.6 Å². The van der Waals surface area contributed by atoms with Gasteiger partial charge < -0.3 is 20.5 Å². The van der Waals surface area contributed by atoms with Crippen molar-refractivity contribution in [2.24, 2.45) is 5.92 Å². The van der Waals surface area contributed by atoms with E-state index in [1.807, 2.05) is 6.92 Å². The fourth-order valence-corrected chi connectivity index (χ4v) is 1.50. The Morgan fingerprint density at radius 3 is 2.41 bits per heavy atom. The van der Waals surface area contributed by atoms with E-state index in [0.717, 1.165) is 0 Å². The molecule has 0 heterocycles. The van der Waals surface area contributed by atoms with Gasteiger partial charge in [-0.05, 0) is 30.7 Å². The standard InChI is InChI=1S/C15H20N2O5/c1-3-10(2)14(20)22-9-8-16-15(21)17-12-6-4-11(5-7-12)13(18)19/h4-7,10H,3,8-9H2,1-2H3,(H,18,19)(H2,16,17,21). The van der Waals surface area contributed by atoms with Crippen LogP contribution in [0.1, 0.15) is 30.6 Å². The van der Waals surface area contributed by atoms with Gasteiger partial charge in [-0.1, -0.05) is 13.8 Å². The molecule has 22 heavy (non-hydrogen) atoms. The summed E-state index contributed by atoms with van der Waals surface area (Å²) in [5.74, 6) is -1.46. The van der Waals surface area contributed by atoms with E-state index in [-0.39, 0.29) is 30.6 Å². The van der Waals surface area contributed by atoms with Crippen molar-refractivity contribution >= 4 is 23.7 Å². The number of anilines is 1. The van der Waals surface area contributed by atoms with Gasteiger partial charge in [0.1, 0.15) is 6.61 Å². The molecule has 1 aromatic rings. The number of carbonyl (C=O) groups excluding carboxylic acids is 2. The molecule has 0 aliphatic heterocycles. The second kappa shape index (κ2) is 8.66. The number of esters is 1. The number of aromatic carboxylic acids is 1. The number of benzene rings is 1. The summed E-state index contributed by atoms with van der Waals surface area (Å²) < 4.78 is 4.99. The molecule has 0 spiro atoms. The van der Waals surface area contributed by atoms with Crippen LogP contribution in [0.15, 0.2) is 24.3 Å². The predicted molar refractivity (Wildman–Crippen MR) is 80.8 cm³/mol. The summed E-state index contributed by atoms with van der Waals surface area (Å²) in [5.41, 5.74) is 0.613. The second-order valence-electron chi connectivity index (χ2n) is 4.74. The van der Waals surface area contributed by atoms with Gasteiger partial charge in [0.2, 0.25) is 0 Å². The van der Waals surface area contributed by atoms with Crippen LogP contribution in [0.3, 0.4) is 0 Å². The van der Waals surface area contributed by atoms with Crippen molar-refractivity contribution < 1.29 is 24.2 Å². The molecular formula is C15H20N2O5. The maximum absolute atomic E-state index is 11.6. The minimum atomic E-state index is -1.03. The summed E-state index contributed by atoms with van der Waals surface area (Å²) in [6.45, 7) is 3.98. The SMILES string of the molecule is CCC(C)C(=O)OCCNC(=O)Nc1ccc(C(=O)O)cc1. The number of hydrogen-bond donors (Lipinski definition) is 3. The van der Waals surface area contributed by atoms with E-state index in [1.165, 1.54) is 24.3 Å². The average molecular weight is 308 g/mol. The maximum atomic E-state index is 11.6. The molecule has 2 amide bonds. The van der Waals surface area contributed by atoms with Crippen LogP contribution in [0.5, 0.6) is 0 Å². The third kappa shape index (κ3) is 5.82. The van der Waals surface area contributed by atoms with Gasteiger partial charge in [0, 0.05) is 5.69 Å². The highest BCUT2D eigenvalue weighted by Gasteiger charge is 2.11. The number of carboxylic acids is 1. The molecule has 1 rings (SSSR count). The summed E-state index contributed by atoms with van der Waals surface area (Å²) in [5, 5.41) is 13.8. The molecule has 0 aliphatic rings. The lowest BCUT2D eigenvalue weighted by Gasteiger charge is -2.10. The number of amides is 2. The molecule has 1 aromatic carbocycles. The molecule has 0 radical (unpaired) electrons. The summed E-state index contributed by atoms with van der Waals surface area (Å²) in [4.78, 5) is 33.7. The Morgan fingerprint density at radius 2 is 1.86 bits per heavy atom. The molecule has 1 atom stereocenters. The van der Waals surface area contributed by atoms with Crippen LogP contribution < -0.4 is 10.6 Å². The van der Waals surface area contributed by atoms with Crippen LogP contribution in [0.4, 0.5) is 10.5 Å². The van der Waals surface area contributed by atoms with Gasteiger partial charge in [0.25, 0.3) is 0 Å². The molecule has 3 N–H and O–H groups in total. The Balaban J connectivity index is 2.29. The first-order valence-corrected chi connectivity index (χ1v) is 6.99. The van der Waals surface area contributed by atoms with Crippen LogP contribution in [-0.4, -0.2) is 36.2 Å². The van der Waals surface area contributed by atoms with E-state index in [9.17, 15) is 14.4 Å². The van der Waals surface area contributed by atoms with Gasteiger partial charge in [-0.3, -0.25) is 4.79 Å². The van der Waals surface area contributed by atoms with Crippen molar-refractivity contribution in [1.82, 2.24) is 5.32 Å². The average Bonchev–Trinajstić information content (AvgIpc) is 2.51. The molecule has 0 fully saturated rings. The monoisotopic (exact) mass is 308 g/mol. The number of carbonyl (C=O) groups is 3. The van der Waals surface area contributed by atoms with Crippen molar-refractivity contribution in [1.29, 1.82) is 0 Å². The zero-order chi connectivity index (χ0) is 16.5. The molecule has 120 valence electrons. The molecule has 1 unspecified atom stereocenters. The Hall–Kier alpha value is -2.57. The van der Waals surface area contributed by atoms with Crippen molar-refractivity contribution in [3.05, 3.63) is 29.8 Å². The number of rotatable bonds is 7. The van der Waals surface area contributed by atoms with Crippen molar-refractivity contribution in [2.75, 3.05) is 18.5 Å². The fourth-order valence-electron chi connectivity index (χ4n) is 1.50. The lowest BCUT2D eigenvalue weighted by Crippen LogP contribution is -2.32. The van der Waals surface area contributed by atoms with E-state index in [1.54, 1.807) is 6.92 Å². The normalized spacial score (nSPS) is 11.4. The van der Waals surface area contributed by atoms with Gasteiger partial charge in [-0.15, -0.1) is 0 Å². The molecule has 7 nitrogen and oxygen atoms in total. The van der Waals surface area contributed by atoms with Crippen LogP contribution in [-0.2, 0) is 9.53 Å². The molecule has 0 bridgehead atoms. The predicted octanol–water partition coefficient (Wildman–Crippen LogP) is 2.10. The molecule has 0 saturated carbocycles. The van der Waals surface area contributed by atoms with Crippen LogP contribution in [0, 0.1) is 5.92 Å². The Kier molecular flexibility index (Phi) is 6.88. The molecular weight excluding hydrogens is 288 g/mol. The minimum Gasteiger partial charge on any atom is -0.478 e. The lowest BCUT2D eigenvalue weighted by molar-refractivity contribution is -0.147. The largest absolute Gasteiger partial charge is 0.478 e. The summed E-state index contributed by atoms with van der Waals surface area (Å²) in [6.07, 6.45) is 0.707. The van der Waals surface area contributed by atoms with Crippen molar-refractivity contribution in [3.63, 3.8) is 0 Å². The van der Waals surface area contributed by atoms with Gasteiger partial charge in [-0.25, -0.2) is 9.59 Å². The van der Waals surface area contributed by atoms with Crippen LogP contribution in [0.2, 0.25) is 0 Å². The summed E-state index contributed by atoms with van der Waals surface area (Å²) in [6, 6.07) is 5.32. The third-order valence-electron chi connectivity index (χ3n) is 3.04. The zero-order valence-corrected chi connectivity index (χ0v) is 12.6. The Morgan fingerprint density at radius 1 is 1.23 bits per heavy atom. The first kappa shape index (κ1) is 17.5. The quantitative estimate of drug-likeness (QED) is 0.528. The highest BCUT2D eigenvalue weighted by Crippen LogP contribution is 2.09. The van der Waals surface area contributed by atoms with Gasteiger partial charge in [0.15, 0.2) is 0 Å². The van der Waals surface area contributed by atoms with Crippen LogP contribution in [0.25, 0.3) is 0 Å². The molecule has 7 heteroatoms. The number of urea groups is 1. The first-order chi connectivity index (χ1) is 10.4. The molecule has 0 saturated heterocycles. The minimum absolute atomic E-state index is 0.106. The van der Waals surface area contributed by atoms with Gasteiger partial charge >= 0.3 is 18.0 Å². The molecule has 0 aromatic heterocycles. The topological polar surface area (TPSA) is 105 Å². The van der Waals surface area contributed by atoms with Gasteiger partial charge in [-0.2, -0.15) is 0 Å². The van der Waals surface area contributed by atoms with E-state index < -0.39 is 12.0 Å². The highest BCUT2D eigenvalue weighted by atomic mass is 16.5. The van der Waals surface area contributed by atoms with Crippen LogP contribution >= 0.6 is 0 Å². The first-order valence-electron chi connectivity index (χ1n) is 6.99. The lowest BCUT2D eigenvalue weighted by atomic mass is 10.1. The van der Waals surface area contributed by atoms with Gasteiger partial charge in [0.05, 0.1) is 18.0 Å². The Bertz CT molecular complexity index is 527. The van der Waals surface area contributed by atoms with E-state index in [4.69, 9.17) is 9.84 Å². The highest BCUT2D eigenvalue weighted by molar-refractivity contribution is 5.91. The van der Waals surface area contributed by atoms with E-state index >= 15 is 0 Å². The summed E-state index contributed by atoms with van der Waals surface area (Å²) >= 11 is 0. The number of nitrogens with one attached hydrogen (secondary N) is 2. The van der Waals surface area contributed by atoms with Crippen molar-refractivity contribution in [3.8, 4) is 0 Å². The smallest absolute Gasteiger partial charge is 0.335 e. The molecule has 0 aliphatic carbocycles. The maximum Gasteiger partial charge on any atom is 0.335 e. The third-order valence-corrected chi connectivity index (χ3v) is 3.04.